The van der Waals surface area contributed by atoms with Gasteiger partial charge >= 0.3 is 6.18 Å². The smallest absolute Gasteiger partial charge is 0.379 e. The number of nitriles is 1. The van der Waals surface area contributed by atoms with Crippen LogP contribution in [0.3, 0.4) is 0 Å². The van der Waals surface area contributed by atoms with E-state index in [1.165, 1.54) is 12.1 Å². The molecule has 0 spiro atoms. The van der Waals surface area contributed by atoms with Crippen molar-refractivity contribution < 1.29 is 22.7 Å². The summed E-state index contributed by atoms with van der Waals surface area (Å²) in [5, 5.41) is 12.9. The summed E-state index contributed by atoms with van der Waals surface area (Å²) in [6, 6.07) is 6.34. The summed E-state index contributed by atoms with van der Waals surface area (Å²) in [5.41, 5.74) is 8.76. The number of morpholine rings is 1. The Morgan fingerprint density at radius 2 is 2.03 bits per heavy atom. The number of alkyl halides is 3. The molecule has 1 atom stereocenters. The number of nitrogen functional groups attached to an aromatic ring is 1. The van der Waals surface area contributed by atoms with Gasteiger partial charge < -0.3 is 21.5 Å². The minimum absolute atomic E-state index is 0.0244. The molecule has 9 nitrogen and oxygen atoms in total. The van der Waals surface area contributed by atoms with Crippen molar-refractivity contribution in [2.75, 3.05) is 50.2 Å². The number of benzene rings is 1. The predicted octanol–water partition coefficient (Wildman–Crippen LogP) is 1.80. The molecule has 1 fully saturated rings. The molecule has 13 heteroatoms. The summed E-state index contributed by atoms with van der Waals surface area (Å²) < 4.78 is 45.3. The predicted molar refractivity (Wildman–Crippen MR) is 116 cm³/mol. The van der Waals surface area contributed by atoms with Crippen molar-refractivity contribution in [3.05, 3.63) is 41.1 Å². The van der Waals surface area contributed by atoms with Gasteiger partial charge in [0.15, 0.2) is 5.54 Å². The molecule has 0 saturated carbocycles. The molecule has 1 amide bonds. The van der Waals surface area contributed by atoms with Crippen molar-refractivity contribution in [3.63, 3.8) is 0 Å². The van der Waals surface area contributed by atoms with Crippen molar-refractivity contribution in [3.8, 4) is 6.07 Å². The molecule has 1 aromatic carbocycles. The average molecular weight is 482 g/mol. The second-order valence-corrected chi connectivity index (χ2v) is 8.08. The number of carbonyl (C=O) groups excluding carboxylic acids is 1. The van der Waals surface area contributed by atoms with Crippen LogP contribution in [0.5, 0.6) is 0 Å². The molecule has 176 valence electrons. The van der Waals surface area contributed by atoms with E-state index in [1.807, 2.05) is 11.0 Å². The van der Waals surface area contributed by atoms with Crippen LogP contribution in [0.2, 0.25) is 0 Å². The number of aromatic nitrogens is 2. The van der Waals surface area contributed by atoms with E-state index in [2.05, 4.69) is 15.3 Å². The molecular formula is C20H22F3N7O2S. The van der Waals surface area contributed by atoms with Gasteiger partial charge in [-0.1, -0.05) is 6.07 Å². The highest BCUT2D eigenvalue weighted by Gasteiger charge is 2.45. The van der Waals surface area contributed by atoms with Crippen LogP contribution in [0.15, 0.2) is 29.3 Å². The first-order valence-electron chi connectivity index (χ1n) is 9.78. The lowest BCUT2D eigenvalue weighted by molar-refractivity contribution is -0.137. The third-order valence-corrected chi connectivity index (χ3v) is 5.82. The number of primary amides is 1. The van der Waals surface area contributed by atoms with Crippen LogP contribution in [0.1, 0.15) is 16.8 Å². The normalized spacial score (nSPS) is 16.6. The molecule has 0 unspecified atom stereocenters. The van der Waals surface area contributed by atoms with Gasteiger partial charge in [0.1, 0.15) is 22.4 Å². The number of carbonyl (C=O) groups is 1. The molecule has 2 heterocycles. The first kappa shape index (κ1) is 24.6. The first-order chi connectivity index (χ1) is 15.6. The van der Waals surface area contributed by atoms with Crippen molar-refractivity contribution in [2.45, 2.75) is 16.7 Å². The maximum Gasteiger partial charge on any atom is 0.416 e. The number of hydrogen-bond donors (Lipinski definition) is 3. The fraction of sp³-hybridized carbons (Fsp3) is 0.400. The van der Waals surface area contributed by atoms with Crippen LogP contribution in [0.4, 0.5) is 24.8 Å². The van der Waals surface area contributed by atoms with Crippen molar-refractivity contribution in [1.29, 1.82) is 5.26 Å². The third-order valence-electron chi connectivity index (χ3n) is 5.14. The molecule has 2 aromatic rings. The summed E-state index contributed by atoms with van der Waals surface area (Å²) in [4.78, 5) is 23.1. The van der Waals surface area contributed by atoms with Crippen LogP contribution >= 0.6 is 11.8 Å². The summed E-state index contributed by atoms with van der Waals surface area (Å²) in [6.07, 6.45) is -2.93. The molecule has 0 radical (unpaired) electrons. The standard InChI is InChI=1S/C20H22F3N7O2S/c1-33-16-14(10-24)15(27-18(26)28-16)19(17(25)31,11-30-5-7-32-8-6-30)29-13-4-2-3-12(9-13)20(21,22)23/h2-4,9,29H,5-8,11H2,1H3,(H2,25,31)(H2,26,27,28)/t19-/m1/s1. The lowest BCUT2D eigenvalue weighted by Crippen LogP contribution is -2.57. The van der Waals surface area contributed by atoms with Crippen LogP contribution in [0.25, 0.3) is 0 Å². The SMILES string of the molecule is CSc1nc(N)nc([C@@](CN2CCOCC2)(Nc2cccc(C(F)(F)F)c2)C(N)=O)c1C#N. The Bertz CT molecular complexity index is 1070. The maximum absolute atomic E-state index is 13.3. The molecule has 33 heavy (non-hydrogen) atoms. The number of ether oxygens (including phenoxy) is 1. The fourth-order valence-electron chi connectivity index (χ4n) is 3.56. The van der Waals surface area contributed by atoms with Crippen LogP contribution in [-0.2, 0) is 21.2 Å². The lowest BCUT2D eigenvalue weighted by atomic mass is 9.89. The Kier molecular flexibility index (Phi) is 7.31. The van der Waals surface area contributed by atoms with Crippen molar-refractivity contribution in [1.82, 2.24) is 14.9 Å². The van der Waals surface area contributed by atoms with E-state index in [0.717, 1.165) is 23.9 Å². The minimum Gasteiger partial charge on any atom is -0.379 e. The number of nitrogens with zero attached hydrogens (tertiary/aromatic N) is 4. The molecule has 1 saturated heterocycles. The molecule has 0 bridgehead atoms. The van der Waals surface area contributed by atoms with Gasteiger partial charge in [-0.25, -0.2) is 9.97 Å². The molecule has 1 aromatic heterocycles. The van der Waals surface area contributed by atoms with E-state index in [-0.39, 0.29) is 34.5 Å². The number of rotatable bonds is 7. The van der Waals surface area contributed by atoms with Crippen LogP contribution in [0, 0.1) is 11.3 Å². The Morgan fingerprint density at radius 1 is 1.33 bits per heavy atom. The summed E-state index contributed by atoms with van der Waals surface area (Å²) in [7, 11) is 0. The molecule has 5 N–H and O–H groups in total. The van der Waals surface area contributed by atoms with E-state index in [4.69, 9.17) is 16.2 Å². The number of anilines is 2. The average Bonchev–Trinajstić information content (AvgIpc) is 2.78. The third kappa shape index (κ3) is 5.29. The number of thioether (sulfide) groups is 1. The van der Waals surface area contributed by atoms with Gasteiger partial charge in [0, 0.05) is 25.3 Å². The van der Waals surface area contributed by atoms with Gasteiger partial charge in [-0.3, -0.25) is 9.69 Å². The largest absolute Gasteiger partial charge is 0.416 e. The monoisotopic (exact) mass is 481 g/mol. The quantitative estimate of drug-likeness (QED) is 0.398. The van der Waals surface area contributed by atoms with Crippen LogP contribution < -0.4 is 16.8 Å². The zero-order valence-corrected chi connectivity index (χ0v) is 18.5. The van der Waals surface area contributed by atoms with Crippen LogP contribution in [-0.4, -0.2) is 59.9 Å². The number of halogens is 3. The molecule has 3 rings (SSSR count). The van der Waals surface area contributed by atoms with E-state index >= 15 is 0 Å². The molecule has 1 aliphatic rings. The highest BCUT2D eigenvalue weighted by atomic mass is 32.2. The summed E-state index contributed by atoms with van der Waals surface area (Å²) in [6.45, 7) is 1.59. The molecule has 0 aliphatic carbocycles. The maximum atomic E-state index is 13.3. The van der Waals surface area contributed by atoms with E-state index in [0.29, 0.717) is 26.3 Å². The second kappa shape index (κ2) is 9.82. The number of amides is 1. The fourth-order valence-corrected chi connectivity index (χ4v) is 4.09. The van der Waals surface area contributed by atoms with E-state index < -0.39 is 23.2 Å². The van der Waals surface area contributed by atoms with Gasteiger partial charge in [0.05, 0.1) is 18.8 Å². The van der Waals surface area contributed by atoms with Gasteiger partial charge in [0.25, 0.3) is 5.91 Å². The van der Waals surface area contributed by atoms with E-state index in [9.17, 15) is 23.2 Å². The number of nitrogens with two attached hydrogens (primary N) is 2. The van der Waals surface area contributed by atoms with Gasteiger partial charge in [0.2, 0.25) is 5.95 Å². The Labute approximate surface area is 192 Å². The second-order valence-electron chi connectivity index (χ2n) is 7.29. The van der Waals surface area contributed by atoms with Gasteiger partial charge in [-0.15, -0.1) is 11.8 Å². The minimum atomic E-state index is -4.60. The molecule has 1 aliphatic heterocycles. The summed E-state index contributed by atoms with van der Waals surface area (Å²) in [5.74, 6) is -1.14. The lowest BCUT2D eigenvalue weighted by Gasteiger charge is -2.38. The Balaban J connectivity index is 2.21. The van der Waals surface area contributed by atoms with Crippen molar-refractivity contribution >= 4 is 29.3 Å². The first-order valence-corrected chi connectivity index (χ1v) is 11.0. The summed E-state index contributed by atoms with van der Waals surface area (Å²) >= 11 is 1.12. The zero-order valence-electron chi connectivity index (χ0n) is 17.6. The number of nitrogens with one attached hydrogen (secondary N) is 1. The van der Waals surface area contributed by atoms with Gasteiger partial charge in [-0.05, 0) is 24.5 Å². The Hall–Kier alpha value is -3.08. The number of hydrogen-bond acceptors (Lipinski definition) is 9. The zero-order chi connectivity index (χ0) is 24.2. The highest BCUT2D eigenvalue weighted by molar-refractivity contribution is 7.98. The van der Waals surface area contributed by atoms with E-state index in [1.54, 1.807) is 6.26 Å². The van der Waals surface area contributed by atoms with Crippen molar-refractivity contribution in [2.24, 2.45) is 5.73 Å². The highest BCUT2D eigenvalue weighted by Crippen LogP contribution is 2.35. The molecular weight excluding hydrogens is 459 g/mol. The Morgan fingerprint density at radius 3 is 2.61 bits per heavy atom. The topological polar surface area (TPSA) is 143 Å². The van der Waals surface area contributed by atoms with Gasteiger partial charge in [-0.2, -0.15) is 18.4 Å².